The lowest BCUT2D eigenvalue weighted by atomic mass is 10.2. The van der Waals surface area contributed by atoms with Gasteiger partial charge in [-0.25, -0.2) is 0 Å². The summed E-state index contributed by atoms with van der Waals surface area (Å²) in [6, 6.07) is 4.50. The van der Waals surface area contributed by atoms with Crippen molar-refractivity contribution in [1.29, 1.82) is 0 Å². The van der Waals surface area contributed by atoms with Crippen LogP contribution in [0.15, 0.2) is 22.7 Å². The minimum Gasteiger partial charge on any atom is -0.404 e. The number of alkyl halides is 3. The molecule has 0 saturated heterocycles. The molecule has 0 spiro atoms. The number of anilines is 1. The fourth-order valence-electron chi connectivity index (χ4n) is 1.17. The molecule has 0 aliphatic heterocycles. The summed E-state index contributed by atoms with van der Waals surface area (Å²) in [6.07, 6.45) is -4.69. The van der Waals surface area contributed by atoms with Crippen molar-refractivity contribution in [2.45, 2.75) is 20.2 Å². The molecule has 17 heavy (non-hydrogen) atoms. The summed E-state index contributed by atoms with van der Waals surface area (Å²) in [7, 11) is 0. The molecule has 0 aliphatic carbocycles. The van der Waals surface area contributed by atoms with Crippen molar-refractivity contribution in [2.24, 2.45) is 5.92 Å². The van der Waals surface area contributed by atoms with Gasteiger partial charge in [0.25, 0.3) is 0 Å². The Morgan fingerprint density at radius 3 is 2.53 bits per heavy atom. The van der Waals surface area contributed by atoms with Gasteiger partial charge in [0.05, 0.1) is 5.69 Å². The molecule has 0 bridgehead atoms. The molecule has 2 nitrogen and oxygen atoms in total. The molecule has 0 aliphatic rings. The highest BCUT2D eigenvalue weighted by molar-refractivity contribution is 9.10. The van der Waals surface area contributed by atoms with E-state index in [1.54, 1.807) is 12.1 Å². The monoisotopic (exact) mass is 311 g/mol. The van der Waals surface area contributed by atoms with Crippen LogP contribution in [0.5, 0.6) is 5.75 Å². The highest BCUT2D eigenvalue weighted by Gasteiger charge is 2.32. The molecular formula is C11H13BrF3NO. The van der Waals surface area contributed by atoms with Gasteiger partial charge in [0.2, 0.25) is 0 Å². The molecule has 6 heteroatoms. The van der Waals surface area contributed by atoms with Gasteiger partial charge in [-0.05, 0) is 24.1 Å². The number of benzene rings is 1. The van der Waals surface area contributed by atoms with Gasteiger partial charge in [-0.3, -0.25) is 0 Å². The molecule has 0 unspecified atom stereocenters. The standard InChI is InChI=1S/C11H13BrF3NO/c1-7(2)6-16-9-4-3-8(12)5-10(9)17-11(13,14)15/h3-5,7,16H,6H2,1-2H3. The number of hydrogen-bond donors (Lipinski definition) is 1. The lowest BCUT2D eigenvalue weighted by molar-refractivity contribution is -0.274. The lowest BCUT2D eigenvalue weighted by Gasteiger charge is -2.16. The number of hydrogen-bond acceptors (Lipinski definition) is 2. The predicted molar refractivity (Wildman–Crippen MR) is 64.2 cm³/mol. The van der Waals surface area contributed by atoms with E-state index in [0.29, 0.717) is 22.6 Å². The topological polar surface area (TPSA) is 21.3 Å². The molecule has 0 atom stereocenters. The minimum atomic E-state index is -4.69. The van der Waals surface area contributed by atoms with Crippen LogP contribution in [0.4, 0.5) is 18.9 Å². The maximum absolute atomic E-state index is 12.2. The van der Waals surface area contributed by atoms with E-state index in [4.69, 9.17) is 0 Å². The third-order valence-corrected chi connectivity index (χ3v) is 2.36. The Morgan fingerprint density at radius 1 is 1.35 bits per heavy atom. The van der Waals surface area contributed by atoms with Crippen molar-refractivity contribution in [3.05, 3.63) is 22.7 Å². The van der Waals surface area contributed by atoms with Gasteiger partial charge in [-0.1, -0.05) is 29.8 Å². The van der Waals surface area contributed by atoms with Gasteiger partial charge in [0.15, 0.2) is 5.75 Å². The second kappa shape index (κ2) is 5.62. The van der Waals surface area contributed by atoms with E-state index in [0.717, 1.165) is 0 Å². The molecule has 1 aromatic carbocycles. The van der Waals surface area contributed by atoms with Crippen LogP contribution < -0.4 is 10.1 Å². The third-order valence-electron chi connectivity index (χ3n) is 1.87. The van der Waals surface area contributed by atoms with Gasteiger partial charge in [-0.2, -0.15) is 0 Å². The third kappa shape index (κ3) is 5.30. The maximum Gasteiger partial charge on any atom is 0.573 e. The van der Waals surface area contributed by atoms with Gasteiger partial charge >= 0.3 is 6.36 Å². The first kappa shape index (κ1) is 14.2. The second-order valence-corrected chi connectivity index (χ2v) is 4.88. The van der Waals surface area contributed by atoms with Gasteiger partial charge < -0.3 is 10.1 Å². The zero-order chi connectivity index (χ0) is 13.1. The first-order valence-corrected chi connectivity index (χ1v) is 5.86. The minimum absolute atomic E-state index is 0.229. The van der Waals surface area contributed by atoms with E-state index in [1.165, 1.54) is 6.07 Å². The van der Waals surface area contributed by atoms with Gasteiger partial charge in [-0.15, -0.1) is 13.2 Å². The van der Waals surface area contributed by atoms with Crippen molar-refractivity contribution in [2.75, 3.05) is 11.9 Å². The molecule has 1 aromatic rings. The zero-order valence-electron chi connectivity index (χ0n) is 9.44. The molecule has 0 fully saturated rings. The Bertz CT molecular complexity index is 379. The molecule has 0 amide bonds. The van der Waals surface area contributed by atoms with Crippen LogP contribution in [0.1, 0.15) is 13.8 Å². The molecule has 0 aromatic heterocycles. The molecule has 1 rings (SSSR count). The number of ether oxygens (including phenoxy) is 1. The highest BCUT2D eigenvalue weighted by atomic mass is 79.9. The van der Waals surface area contributed by atoms with E-state index in [2.05, 4.69) is 26.0 Å². The predicted octanol–water partition coefficient (Wildman–Crippen LogP) is 4.42. The summed E-state index contributed by atoms with van der Waals surface area (Å²) in [6.45, 7) is 4.52. The van der Waals surface area contributed by atoms with Crippen LogP contribution in [0, 0.1) is 5.92 Å². The molecule has 1 N–H and O–H groups in total. The molecular weight excluding hydrogens is 299 g/mol. The van der Waals surface area contributed by atoms with Crippen molar-refractivity contribution in [3.63, 3.8) is 0 Å². The van der Waals surface area contributed by atoms with Crippen molar-refractivity contribution in [1.82, 2.24) is 0 Å². The molecule has 96 valence electrons. The van der Waals surface area contributed by atoms with E-state index in [1.807, 2.05) is 13.8 Å². The fourth-order valence-corrected chi connectivity index (χ4v) is 1.51. The first-order chi connectivity index (χ1) is 7.78. The van der Waals surface area contributed by atoms with Crippen molar-refractivity contribution in [3.8, 4) is 5.75 Å². The van der Waals surface area contributed by atoms with E-state index in [9.17, 15) is 13.2 Å². The van der Waals surface area contributed by atoms with E-state index in [-0.39, 0.29) is 5.75 Å². The van der Waals surface area contributed by atoms with Crippen LogP contribution in [-0.4, -0.2) is 12.9 Å². The van der Waals surface area contributed by atoms with Crippen LogP contribution in [0.3, 0.4) is 0 Å². The summed E-state index contributed by atoms with van der Waals surface area (Å²) in [5, 5.41) is 2.92. The lowest BCUT2D eigenvalue weighted by Crippen LogP contribution is -2.19. The summed E-state index contributed by atoms with van der Waals surface area (Å²) >= 11 is 3.11. The average molecular weight is 312 g/mol. The molecule has 0 saturated carbocycles. The van der Waals surface area contributed by atoms with Gasteiger partial charge in [0.1, 0.15) is 0 Å². The van der Waals surface area contributed by atoms with Crippen molar-refractivity contribution >= 4 is 21.6 Å². The van der Waals surface area contributed by atoms with E-state index < -0.39 is 6.36 Å². The Balaban J connectivity index is 2.88. The summed E-state index contributed by atoms with van der Waals surface area (Å²) in [5.74, 6) is 0.102. The van der Waals surface area contributed by atoms with Crippen LogP contribution in [0.2, 0.25) is 0 Å². The number of nitrogens with one attached hydrogen (secondary N) is 1. The van der Waals surface area contributed by atoms with Crippen LogP contribution in [0.25, 0.3) is 0 Å². The van der Waals surface area contributed by atoms with Crippen molar-refractivity contribution < 1.29 is 17.9 Å². The maximum atomic E-state index is 12.2. The SMILES string of the molecule is CC(C)CNc1ccc(Br)cc1OC(F)(F)F. The first-order valence-electron chi connectivity index (χ1n) is 5.07. The zero-order valence-corrected chi connectivity index (χ0v) is 11.0. The summed E-state index contributed by atoms with van der Waals surface area (Å²) in [5.41, 5.74) is 0.333. The molecule has 0 radical (unpaired) electrons. The van der Waals surface area contributed by atoms with Gasteiger partial charge in [0, 0.05) is 11.0 Å². The smallest absolute Gasteiger partial charge is 0.404 e. The Hall–Kier alpha value is -0.910. The second-order valence-electron chi connectivity index (χ2n) is 3.96. The summed E-state index contributed by atoms with van der Waals surface area (Å²) in [4.78, 5) is 0. The fraction of sp³-hybridized carbons (Fsp3) is 0.455. The quantitative estimate of drug-likeness (QED) is 0.889. The Morgan fingerprint density at radius 2 is 2.00 bits per heavy atom. The average Bonchev–Trinajstić information content (AvgIpc) is 2.13. The summed E-state index contributed by atoms with van der Waals surface area (Å²) < 4.78 is 41.0. The molecule has 0 heterocycles. The Kier molecular flexibility index (Phi) is 4.68. The van der Waals surface area contributed by atoms with E-state index >= 15 is 0 Å². The van der Waals surface area contributed by atoms with Crippen LogP contribution >= 0.6 is 15.9 Å². The Labute approximate surface area is 106 Å². The highest BCUT2D eigenvalue weighted by Crippen LogP contribution is 2.32. The van der Waals surface area contributed by atoms with Crippen LogP contribution in [-0.2, 0) is 0 Å². The largest absolute Gasteiger partial charge is 0.573 e. The number of rotatable bonds is 4. The number of halogens is 4. The normalized spacial score (nSPS) is 11.7.